The molecule has 1 amide bonds. The van der Waals surface area contributed by atoms with Crippen molar-refractivity contribution in [2.75, 3.05) is 25.3 Å². The van der Waals surface area contributed by atoms with Gasteiger partial charge in [0.25, 0.3) is 0 Å². The Bertz CT molecular complexity index is 1140. The number of anilines is 1. The fraction of sp³-hybridized carbons (Fsp3) is 0.158. The number of thioether (sulfide) groups is 1. The molecule has 0 atom stereocenters. The quantitative estimate of drug-likeness (QED) is 0.451. The molecule has 0 aliphatic carbocycles. The number of ether oxygens (including phenoxy) is 2. The van der Waals surface area contributed by atoms with Crippen LogP contribution >= 0.6 is 23.1 Å². The summed E-state index contributed by atoms with van der Waals surface area (Å²) in [6.45, 7) is 0. The zero-order valence-corrected chi connectivity index (χ0v) is 17.3. The predicted molar refractivity (Wildman–Crippen MR) is 113 cm³/mol. The Hall–Kier alpha value is -3.11. The van der Waals surface area contributed by atoms with Gasteiger partial charge < -0.3 is 14.8 Å². The van der Waals surface area contributed by atoms with Crippen LogP contribution in [0.4, 0.5) is 5.69 Å². The van der Waals surface area contributed by atoms with E-state index in [9.17, 15) is 4.79 Å². The molecular formula is C19H17N5O3S2. The molecule has 0 aliphatic rings. The third-order valence-corrected chi connectivity index (χ3v) is 5.83. The highest BCUT2D eigenvalue weighted by Gasteiger charge is 2.14. The zero-order chi connectivity index (χ0) is 20.2. The Morgan fingerprint density at radius 2 is 2.07 bits per heavy atom. The molecule has 0 bridgehead atoms. The second-order valence-corrected chi connectivity index (χ2v) is 7.74. The number of aromatic nitrogens is 4. The van der Waals surface area contributed by atoms with Crippen LogP contribution in [0.1, 0.15) is 0 Å². The van der Waals surface area contributed by atoms with E-state index in [4.69, 9.17) is 9.47 Å². The first-order valence-electron chi connectivity index (χ1n) is 8.59. The van der Waals surface area contributed by atoms with E-state index in [1.165, 1.54) is 11.8 Å². The Labute approximate surface area is 174 Å². The molecule has 0 radical (unpaired) electrons. The highest BCUT2D eigenvalue weighted by molar-refractivity contribution is 7.99. The third-order valence-electron chi connectivity index (χ3n) is 4.02. The van der Waals surface area contributed by atoms with Crippen LogP contribution < -0.4 is 14.8 Å². The minimum Gasteiger partial charge on any atom is -0.497 e. The first-order chi connectivity index (χ1) is 14.2. The molecule has 1 aromatic carbocycles. The SMILES string of the molecule is COc1ccc(OC)c(NC(=O)CSc2nnc3ccc(-c4cccs4)nn23)c1. The molecule has 29 heavy (non-hydrogen) atoms. The maximum atomic E-state index is 12.5. The van der Waals surface area contributed by atoms with Gasteiger partial charge in [0.15, 0.2) is 5.65 Å². The first-order valence-corrected chi connectivity index (χ1v) is 10.5. The molecule has 0 aliphatic heterocycles. The maximum absolute atomic E-state index is 12.5. The van der Waals surface area contributed by atoms with Gasteiger partial charge in [-0.05, 0) is 35.7 Å². The summed E-state index contributed by atoms with van der Waals surface area (Å²) >= 11 is 2.87. The topological polar surface area (TPSA) is 90.6 Å². The lowest BCUT2D eigenvalue weighted by Gasteiger charge is -2.11. The van der Waals surface area contributed by atoms with Gasteiger partial charge in [0, 0.05) is 6.07 Å². The summed E-state index contributed by atoms with van der Waals surface area (Å²) in [6, 6.07) is 13.0. The number of nitrogens with one attached hydrogen (secondary N) is 1. The summed E-state index contributed by atoms with van der Waals surface area (Å²) in [5.74, 6) is 1.13. The van der Waals surface area contributed by atoms with E-state index in [0.29, 0.717) is 28.0 Å². The zero-order valence-electron chi connectivity index (χ0n) is 15.7. The smallest absolute Gasteiger partial charge is 0.234 e. The fourth-order valence-corrected chi connectivity index (χ4v) is 4.02. The average Bonchev–Trinajstić information content (AvgIpc) is 3.42. The molecule has 0 fully saturated rings. The van der Waals surface area contributed by atoms with Crippen molar-refractivity contribution >= 4 is 40.3 Å². The largest absolute Gasteiger partial charge is 0.497 e. The highest BCUT2D eigenvalue weighted by Crippen LogP contribution is 2.29. The summed E-state index contributed by atoms with van der Waals surface area (Å²) in [7, 11) is 3.11. The predicted octanol–water partition coefficient (Wildman–Crippen LogP) is 3.60. The number of carbonyl (C=O) groups excluding carboxylic acids is 1. The number of hydrogen-bond donors (Lipinski definition) is 1. The number of thiophene rings is 1. The van der Waals surface area contributed by atoms with Gasteiger partial charge in [0.05, 0.1) is 30.5 Å². The lowest BCUT2D eigenvalue weighted by atomic mass is 10.2. The van der Waals surface area contributed by atoms with Gasteiger partial charge in [-0.25, -0.2) is 0 Å². The first kappa shape index (κ1) is 19.2. The summed E-state index contributed by atoms with van der Waals surface area (Å²) in [5, 5.41) is 18.3. The molecular weight excluding hydrogens is 410 g/mol. The van der Waals surface area contributed by atoms with Gasteiger partial charge in [-0.3, -0.25) is 4.79 Å². The Morgan fingerprint density at radius 1 is 1.17 bits per heavy atom. The van der Waals surface area contributed by atoms with Crippen LogP contribution in [0.3, 0.4) is 0 Å². The van der Waals surface area contributed by atoms with E-state index in [2.05, 4.69) is 20.6 Å². The standard InChI is InChI=1S/C19H17N5O3S2/c1-26-12-5-7-15(27-2)14(10-12)20-18(25)11-29-19-22-21-17-8-6-13(23-24(17)19)16-4-3-9-28-16/h3-10H,11H2,1-2H3,(H,20,25). The maximum Gasteiger partial charge on any atom is 0.234 e. The number of methoxy groups -OCH3 is 2. The van der Waals surface area contributed by atoms with Crippen molar-refractivity contribution in [3.8, 4) is 22.1 Å². The molecule has 3 aromatic heterocycles. The van der Waals surface area contributed by atoms with Crippen LogP contribution in [-0.4, -0.2) is 45.7 Å². The molecule has 4 aromatic rings. The van der Waals surface area contributed by atoms with Gasteiger partial charge in [-0.1, -0.05) is 17.8 Å². The lowest BCUT2D eigenvalue weighted by Crippen LogP contribution is -2.15. The normalized spacial score (nSPS) is 10.8. The number of carbonyl (C=O) groups is 1. The Balaban J connectivity index is 1.48. The number of hydrogen-bond acceptors (Lipinski definition) is 8. The third kappa shape index (κ3) is 4.17. The van der Waals surface area contributed by atoms with E-state index < -0.39 is 0 Å². The number of amides is 1. The van der Waals surface area contributed by atoms with Crippen LogP contribution in [0.2, 0.25) is 0 Å². The van der Waals surface area contributed by atoms with Gasteiger partial charge in [-0.2, -0.15) is 9.61 Å². The van der Waals surface area contributed by atoms with Crippen molar-refractivity contribution in [3.63, 3.8) is 0 Å². The fourth-order valence-electron chi connectivity index (χ4n) is 2.64. The van der Waals surface area contributed by atoms with Crippen molar-refractivity contribution in [2.24, 2.45) is 0 Å². The number of benzene rings is 1. The monoisotopic (exact) mass is 427 g/mol. The molecule has 10 heteroatoms. The molecule has 0 unspecified atom stereocenters. The second kappa shape index (κ2) is 8.50. The van der Waals surface area contributed by atoms with E-state index in [-0.39, 0.29) is 11.7 Å². The molecule has 3 heterocycles. The van der Waals surface area contributed by atoms with Crippen LogP contribution in [0.15, 0.2) is 53.0 Å². The molecule has 0 spiro atoms. The van der Waals surface area contributed by atoms with Crippen LogP contribution in [0.25, 0.3) is 16.2 Å². The molecule has 0 saturated heterocycles. The number of nitrogens with zero attached hydrogens (tertiary/aromatic N) is 4. The Morgan fingerprint density at radius 3 is 2.83 bits per heavy atom. The van der Waals surface area contributed by atoms with Crippen molar-refractivity contribution < 1.29 is 14.3 Å². The highest BCUT2D eigenvalue weighted by atomic mass is 32.2. The van der Waals surface area contributed by atoms with E-state index >= 15 is 0 Å². The summed E-state index contributed by atoms with van der Waals surface area (Å²) in [6.07, 6.45) is 0. The van der Waals surface area contributed by atoms with Crippen LogP contribution in [-0.2, 0) is 4.79 Å². The molecule has 4 rings (SSSR count). The van der Waals surface area contributed by atoms with Gasteiger partial charge in [-0.15, -0.1) is 21.5 Å². The second-order valence-electron chi connectivity index (χ2n) is 5.85. The van der Waals surface area contributed by atoms with Gasteiger partial charge >= 0.3 is 0 Å². The molecule has 0 saturated carbocycles. The minimum absolute atomic E-state index is 0.145. The summed E-state index contributed by atoms with van der Waals surface area (Å²) < 4.78 is 12.1. The Kier molecular flexibility index (Phi) is 5.63. The van der Waals surface area contributed by atoms with Crippen molar-refractivity contribution in [3.05, 3.63) is 47.8 Å². The van der Waals surface area contributed by atoms with E-state index in [0.717, 1.165) is 10.6 Å². The van der Waals surface area contributed by atoms with Crippen LogP contribution in [0, 0.1) is 0 Å². The summed E-state index contributed by atoms with van der Waals surface area (Å²) in [5.41, 5.74) is 2.00. The van der Waals surface area contributed by atoms with Gasteiger partial charge in [0.1, 0.15) is 17.2 Å². The molecule has 1 N–H and O–H groups in total. The number of fused-ring (bicyclic) bond motifs is 1. The molecule has 148 valence electrons. The van der Waals surface area contributed by atoms with E-state index in [1.807, 2.05) is 29.6 Å². The lowest BCUT2D eigenvalue weighted by molar-refractivity contribution is -0.113. The minimum atomic E-state index is -0.201. The van der Waals surface area contributed by atoms with Gasteiger partial charge in [0.2, 0.25) is 11.1 Å². The number of rotatable bonds is 7. The molecule has 8 nitrogen and oxygen atoms in total. The van der Waals surface area contributed by atoms with Crippen LogP contribution in [0.5, 0.6) is 11.5 Å². The average molecular weight is 428 g/mol. The van der Waals surface area contributed by atoms with E-state index in [1.54, 1.807) is 48.3 Å². The van der Waals surface area contributed by atoms with Crippen molar-refractivity contribution in [2.45, 2.75) is 5.16 Å². The van der Waals surface area contributed by atoms with Crippen molar-refractivity contribution in [1.29, 1.82) is 0 Å². The summed E-state index contributed by atoms with van der Waals surface area (Å²) in [4.78, 5) is 13.5. The van der Waals surface area contributed by atoms with Crippen molar-refractivity contribution in [1.82, 2.24) is 19.8 Å².